The number of carbonyl (C=O) groups is 2. The van der Waals surface area contributed by atoms with Gasteiger partial charge in [-0.05, 0) is 24.1 Å². The highest BCUT2D eigenvalue weighted by atomic mass is 16.5. The summed E-state index contributed by atoms with van der Waals surface area (Å²) in [5.74, 6) is 0.261. The maximum absolute atomic E-state index is 12.1. The van der Waals surface area contributed by atoms with Crippen molar-refractivity contribution in [2.75, 3.05) is 28.4 Å². The van der Waals surface area contributed by atoms with E-state index < -0.39 is 17.9 Å². The molecule has 1 aromatic carbocycles. The number of benzene rings is 1. The summed E-state index contributed by atoms with van der Waals surface area (Å²) in [5.41, 5.74) is 6.60. The third kappa shape index (κ3) is 5.53. The highest BCUT2D eigenvalue weighted by Gasteiger charge is 2.22. The van der Waals surface area contributed by atoms with Crippen molar-refractivity contribution in [1.29, 1.82) is 0 Å². The first-order valence-corrected chi connectivity index (χ1v) is 7.77. The van der Waals surface area contributed by atoms with E-state index in [2.05, 4.69) is 10.1 Å². The number of esters is 1. The Hall–Kier alpha value is -2.48. The average Bonchev–Trinajstić information content (AvgIpc) is 2.63. The summed E-state index contributed by atoms with van der Waals surface area (Å²) in [6.45, 7) is 1.90. The second-order valence-corrected chi connectivity index (χ2v) is 5.52. The van der Waals surface area contributed by atoms with E-state index in [0.29, 0.717) is 17.2 Å². The normalized spacial score (nSPS) is 12.7. The van der Waals surface area contributed by atoms with Gasteiger partial charge in [0.2, 0.25) is 11.7 Å². The van der Waals surface area contributed by atoms with Gasteiger partial charge >= 0.3 is 5.97 Å². The second-order valence-electron chi connectivity index (χ2n) is 5.52. The summed E-state index contributed by atoms with van der Waals surface area (Å²) >= 11 is 0. The lowest BCUT2D eigenvalue weighted by Crippen LogP contribution is -2.42. The number of carbonyl (C=O) groups excluding carboxylic acids is 2. The van der Waals surface area contributed by atoms with Gasteiger partial charge in [0.25, 0.3) is 0 Å². The SMILES string of the molecule is COC(=O)[C@@H](C)C[C@H](N)C(=O)NCc1cc(OC)c(OC)c(OC)c1. The van der Waals surface area contributed by atoms with E-state index >= 15 is 0 Å². The highest BCUT2D eigenvalue weighted by Crippen LogP contribution is 2.38. The molecule has 8 heteroatoms. The fraction of sp³-hybridized carbons (Fsp3) is 0.529. The summed E-state index contributed by atoms with van der Waals surface area (Å²) in [6.07, 6.45) is 0.202. The van der Waals surface area contributed by atoms with Crippen LogP contribution in [0.25, 0.3) is 0 Å². The van der Waals surface area contributed by atoms with E-state index in [-0.39, 0.29) is 18.9 Å². The molecule has 3 N–H and O–H groups in total. The molecule has 0 heterocycles. The number of rotatable bonds is 9. The molecule has 2 atom stereocenters. The van der Waals surface area contributed by atoms with Crippen LogP contribution in [0.5, 0.6) is 17.2 Å². The first-order valence-electron chi connectivity index (χ1n) is 7.77. The molecular weight excluding hydrogens is 328 g/mol. The lowest BCUT2D eigenvalue weighted by Gasteiger charge is -2.17. The molecule has 0 aromatic heterocycles. The van der Waals surface area contributed by atoms with Gasteiger partial charge in [-0.1, -0.05) is 6.92 Å². The standard InChI is InChI=1S/C17H26N2O6/c1-10(17(21)25-5)6-12(18)16(20)19-9-11-7-13(22-2)15(24-4)14(8-11)23-3/h7-8,10,12H,6,9,18H2,1-5H3,(H,19,20)/t10-,12-/m0/s1. The zero-order valence-electron chi connectivity index (χ0n) is 15.3. The molecular formula is C17H26N2O6. The number of ether oxygens (including phenoxy) is 4. The van der Waals surface area contributed by atoms with Crippen molar-refractivity contribution in [3.63, 3.8) is 0 Å². The van der Waals surface area contributed by atoms with Gasteiger partial charge in [-0.2, -0.15) is 0 Å². The molecule has 0 fully saturated rings. The quantitative estimate of drug-likeness (QED) is 0.633. The Morgan fingerprint density at radius 2 is 1.64 bits per heavy atom. The van der Waals surface area contributed by atoms with Gasteiger partial charge < -0.3 is 30.0 Å². The molecule has 1 amide bonds. The average molecular weight is 354 g/mol. The summed E-state index contributed by atoms with van der Waals surface area (Å²) in [4.78, 5) is 23.5. The van der Waals surface area contributed by atoms with Gasteiger partial charge in [-0.25, -0.2) is 0 Å². The zero-order chi connectivity index (χ0) is 19.0. The van der Waals surface area contributed by atoms with E-state index in [4.69, 9.17) is 19.9 Å². The highest BCUT2D eigenvalue weighted by molar-refractivity contribution is 5.82. The molecule has 0 aliphatic carbocycles. The molecule has 25 heavy (non-hydrogen) atoms. The summed E-state index contributed by atoms with van der Waals surface area (Å²) < 4.78 is 20.4. The maximum atomic E-state index is 12.1. The van der Waals surface area contributed by atoms with Crippen molar-refractivity contribution in [1.82, 2.24) is 5.32 Å². The number of amides is 1. The van der Waals surface area contributed by atoms with Crippen molar-refractivity contribution in [2.45, 2.75) is 25.9 Å². The minimum atomic E-state index is -0.809. The minimum Gasteiger partial charge on any atom is -0.493 e. The molecule has 1 aromatic rings. The van der Waals surface area contributed by atoms with Crippen molar-refractivity contribution >= 4 is 11.9 Å². The molecule has 0 aliphatic rings. The Morgan fingerprint density at radius 1 is 1.08 bits per heavy atom. The summed E-state index contributed by atoms with van der Waals surface area (Å²) in [7, 11) is 5.85. The van der Waals surface area contributed by atoms with E-state index in [9.17, 15) is 9.59 Å². The van der Waals surface area contributed by atoms with E-state index in [1.807, 2.05) is 0 Å². The predicted molar refractivity (Wildman–Crippen MR) is 91.7 cm³/mol. The van der Waals surface area contributed by atoms with Gasteiger partial charge in [0.15, 0.2) is 11.5 Å². The molecule has 8 nitrogen and oxygen atoms in total. The monoisotopic (exact) mass is 354 g/mol. The largest absolute Gasteiger partial charge is 0.493 e. The molecule has 1 rings (SSSR count). The number of methoxy groups -OCH3 is 4. The predicted octanol–water partition coefficient (Wildman–Crippen LogP) is 0.855. The van der Waals surface area contributed by atoms with Crippen LogP contribution in [0, 0.1) is 5.92 Å². The van der Waals surface area contributed by atoms with Crippen LogP contribution >= 0.6 is 0 Å². The third-order valence-electron chi connectivity index (χ3n) is 3.74. The van der Waals surface area contributed by atoms with Crippen molar-refractivity contribution < 1.29 is 28.5 Å². The first-order chi connectivity index (χ1) is 11.9. The number of nitrogens with two attached hydrogens (primary N) is 1. The number of nitrogens with one attached hydrogen (secondary N) is 1. The fourth-order valence-corrected chi connectivity index (χ4v) is 2.34. The number of hydrogen-bond donors (Lipinski definition) is 2. The van der Waals surface area contributed by atoms with Crippen molar-refractivity contribution in [3.8, 4) is 17.2 Å². The van der Waals surface area contributed by atoms with Gasteiger partial charge in [-0.3, -0.25) is 9.59 Å². The van der Waals surface area contributed by atoms with Crippen LogP contribution in [0.1, 0.15) is 18.9 Å². The van der Waals surface area contributed by atoms with E-state index in [1.165, 1.54) is 28.4 Å². The Balaban J connectivity index is 2.74. The van der Waals surface area contributed by atoms with Gasteiger partial charge in [-0.15, -0.1) is 0 Å². The molecule has 0 saturated heterocycles. The smallest absolute Gasteiger partial charge is 0.308 e. The van der Waals surface area contributed by atoms with Crippen LogP contribution in [0.4, 0.5) is 0 Å². The fourth-order valence-electron chi connectivity index (χ4n) is 2.34. The molecule has 0 bridgehead atoms. The summed E-state index contributed by atoms with van der Waals surface area (Å²) in [5, 5.41) is 2.73. The number of hydrogen-bond acceptors (Lipinski definition) is 7. The Bertz CT molecular complexity index is 580. The second kappa shape index (κ2) is 9.73. The zero-order valence-corrected chi connectivity index (χ0v) is 15.3. The van der Waals surface area contributed by atoms with Crippen LogP contribution in [-0.2, 0) is 20.9 Å². The summed E-state index contributed by atoms with van der Waals surface area (Å²) in [6, 6.07) is 2.67. The molecule has 0 aliphatic heterocycles. The molecule has 140 valence electrons. The van der Waals surface area contributed by atoms with Crippen molar-refractivity contribution in [2.24, 2.45) is 11.7 Å². The Morgan fingerprint density at radius 3 is 2.08 bits per heavy atom. The van der Waals surface area contributed by atoms with Crippen LogP contribution in [0.15, 0.2) is 12.1 Å². The van der Waals surface area contributed by atoms with Crippen LogP contribution in [0.3, 0.4) is 0 Å². The van der Waals surface area contributed by atoms with Crippen LogP contribution in [-0.4, -0.2) is 46.4 Å². The lowest BCUT2D eigenvalue weighted by molar-refractivity contribution is -0.145. The Kier molecular flexibility index (Phi) is 8.00. The third-order valence-corrected chi connectivity index (χ3v) is 3.74. The lowest BCUT2D eigenvalue weighted by atomic mass is 10.0. The molecule has 0 unspecified atom stereocenters. The van der Waals surface area contributed by atoms with Crippen molar-refractivity contribution in [3.05, 3.63) is 17.7 Å². The first kappa shape index (κ1) is 20.6. The van der Waals surface area contributed by atoms with Gasteiger partial charge in [0.05, 0.1) is 40.4 Å². The van der Waals surface area contributed by atoms with Gasteiger partial charge in [0, 0.05) is 6.54 Å². The van der Waals surface area contributed by atoms with E-state index in [1.54, 1.807) is 19.1 Å². The van der Waals surface area contributed by atoms with Crippen LogP contribution < -0.4 is 25.3 Å². The maximum Gasteiger partial charge on any atom is 0.308 e. The van der Waals surface area contributed by atoms with Crippen LogP contribution in [0.2, 0.25) is 0 Å². The molecule has 0 radical (unpaired) electrons. The Labute approximate surface area is 147 Å². The van der Waals surface area contributed by atoms with Gasteiger partial charge in [0.1, 0.15) is 0 Å². The molecule has 0 spiro atoms. The molecule has 0 saturated carbocycles. The topological polar surface area (TPSA) is 109 Å². The van der Waals surface area contributed by atoms with E-state index in [0.717, 1.165) is 5.56 Å². The minimum absolute atomic E-state index is 0.202.